The lowest BCUT2D eigenvalue weighted by atomic mass is 10.1. The zero-order valence-electron chi connectivity index (χ0n) is 7.92. The van der Waals surface area contributed by atoms with Crippen molar-refractivity contribution in [1.29, 1.82) is 0 Å². The molecule has 0 saturated carbocycles. The Kier molecular flexibility index (Phi) is 2.61. The molecular formula is C9H15N3O. The van der Waals surface area contributed by atoms with Crippen molar-refractivity contribution < 1.29 is 4.84 Å². The molecule has 1 aromatic heterocycles. The average molecular weight is 181 g/mol. The molecule has 0 saturated heterocycles. The second kappa shape index (κ2) is 3.89. The number of nitrogens with one attached hydrogen (secondary N) is 1. The summed E-state index contributed by atoms with van der Waals surface area (Å²) in [5, 5.41) is 0. The molecule has 1 aliphatic rings. The lowest BCUT2D eigenvalue weighted by molar-refractivity contribution is 0.0839. The van der Waals surface area contributed by atoms with Gasteiger partial charge in [-0.05, 0) is 19.3 Å². The van der Waals surface area contributed by atoms with Crippen LogP contribution in [-0.4, -0.2) is 16.7 Å². The minimum Gasteiger partial charge on any atom is -0.331 e. The van der Waals surface area contributed by atoms with Gasteiger partial charge >= 0.3 is 0 Å². The number of fused-ring (bicyclic) bond motifs is 1. The summed E-state index contributed by atoms with van der Waals surface area (Å²) < 4.78 is 2.29. The average Bonchev–Trinajstić information content (AvgIpc) is 2.58. The van der Waals surface area contributed by atoms with Crippen LogP contribution in [0, 0.1) is 0 Å². The monoisotopic (exact) mass is 181 g/mol. The maximum atomic E-state index is 4.80. The molecule has 1 aliphatic heterocycles. The molecule has 0 radical (unpaired) electrons. The van der Waals surface area contributed by atoms with Crippen molar-refractivity contribution in [2.75, 3.05) is 7.11 Å². The van der Waals surface area contributed by atoms with Gasteiger partial charge in [-0.15, -0.1) is 0 Å². The molecule has 0 bridgehead atoms. The van der Waals surface area contributed by atoms with Gasteiger partial charge in [0.15, 0.2) is 0 Å². The molecule has 0 amide bonds. The molecule has 1 aromatic rings. The molecule has 2 rings (SSSR count). The van der Waals surface area contributed by atoms with E-state index in [0.29, 0.717) is 6.54 Å². The standard InChI is InChI=1S/C9H15N3O/c1-13-11-7-9-10-6-8-4-2-3-5-12(8)9/h6,11H,2-5,7H2,1H3. The van der Waals surface area contributed by atoms with Crippen molar-refractivity contribution in [2.45, 2.75) is 32.4 Å². The largest absolute Gasteiger partial charge is 0.331 e. The second-order valence-electron chi connectivity index (χ2n) is 3.30. The van der Waals surface area contributed by atoms with Crippen molar-refractivity contribution in [2.24, 2.45) is 0 Å². The Balaban J connectivity index is 2.12. The van der Waals surface area contributed by atoms with E-state index in [0.717, 1.165) is 12.4 Å². The fourth-order valence-corrected chi connectivity index (χ4v) is 1.78. The van der Waals surface area contributed by atoms with Gasteiger partial charge in [0.25, 0.3) is 0 Å². The van der Waals surface area contributed by atoms with E-state index in [1.165, 1.54) is 25.0 Å². The topological polar surface area (TPSA) is 39.1 Å². The Labute approximate surface area is 77.9 Å². The number of hydrogen-bond donors (Lipinski definition) is 1. The Morgan fingerprint density at radius 3 is 3.38 bits per heavy atom. The molecule has 1 N–H and O–H groups in total. The fraction of sp³-hybridized carbons (Fsp3) is 0.667. The van der Waals surface area contributed by atoms with Crippen LogP contribution in [0.4, 0.5) is 0 Å². The molecule has 72 valence electrons. The lowest BCUT2D eigenvalue weighted by Gasteiger charge is -2.16. The third-order valence-electron chi connectivity index (χ3n) is 2.46. The summed E-state index contributed by atoms with van der Waals surface area (Å²) in [5.74, 6) is 1.08. The molecular weight excluding hydrogens is 166 g/mol. The molecule has 4 heteroatoms. The van der Waals surface area contributed by atoms with Gasteiger partial charge in [0, 0.05) is 18.4 Å². The first-order valence-electron chi connectivity index (χ1n) is 4.71. The minimum atomic E-state index is 0.691. The molecule has 13 heavy (non-hydrogen) atoms. The van der Waals surface area contributed by atoms with Gasteiger partial charge in [-0.1, -0.05) is 0 Å². The number of nitrogens with zero attached hydrogens (tertiary/aromatic N) is 2. The predicted octanol–water partition coefficient (Wildman–Crippen LogP) is 0.870. The highest BCUT2D eigenvalue weighted by atomic mass is 16.6. The van der Waals surface area contributed by atoms with E-state index in [2.05, 4.69) is 15.0 Å². The summed E-state index contributed by atoms with van der Waals surface area (Å²) in [6.45, 7) is 1.80. The third-order valence-corrected chi connectivity index (χ3v) is 2.46. The molecule has 4 nitrogen and oxygen atoms in total. The van der Waals surface area contributed by atoms with E-state index >= 15 is 0 Å². The first-order valence-corrected chi connectivity index (χ1v) is 4.71. The number of aromatic nitrogens is 2. The van der Waals surface area contributed by atoms with E-state index in [-0.39, 0.29) is 0 Å². The van der Waals surface area contributed by atoms with Gasteiger partial charge in [-0.2, -0.15) is 5.48 Å². The van der Waals surface area contributed by atoms with Gasteiger partial charge in [0.2, 0.25) is 0 Å². The highest BCUT2D eigenvalue weighted by molar-refractivity contribution is 5.07. The molecule has 2 heterocycles. The van der Waals surface area contributed by atoms with Crippen LogP contribution >= 0.6 is 0 Å². The molecule has 0 unspecified atom stereocenters. The first-order chi connectivity index (χ1) is 6.42. The Hall–Kier alpha value is -0.870. The minimum absolute atomic E-state index is 0.691. The SMILES string of the molecule is CONCc1ncc2n1CCCC2. The highest BCUT2D eigenvalue weighted by Gasteiger charge is 2.12. The van der Waals surface area contributed by atoms with Crippen LogP contribution in [0.15, 0.2) is 6.20 Å². The molecule has 0 spiro atoms. The number of hydroxylamine groups is 1. The Morgan fingerprint density at radius 1 is 1.62 bits per heavy atom. The van der Waals surface area contributed by atoms with Gasteiger partial charge < -0.3 is 9.40 Å². The van der Waals surface area contributed by atoms with Crippen LogP contribution in [-0.2, 0) is 24.3 Å². The maximum absolute atomic E-state index is 4.80. The number of hydrogen-bond acceptors (Lipinski definition) is 3. The summed E-state index contributed by atoms with van der Waals surface area (Å²) in [6.07, 6.45) is 5.71. The van der Waals surface area contributed by atoms with E-state index in [1.807, 2.05) is 6.20 Å². The smallest absolute Gasteiger partial charge is 0.125 e. The highest BCUT2D eigenvalue weighted by Crippen LogP contribution is 2.16. The van der Waals surface area contributed by atoms with Crippen molar-refractivity contribution in [3.8, 4) is 0 Å². The van der Waals surface area contributed by atoms with Crippen LogP contribution in [0.2, 0.25) is 0 Å². The fourth-order valence-electron chi connectivity index (χ4n) is 1.78. The maximum Gasteiger partial charge on any atom is 0.125 e. The van der Waals surface area contributed by atoms with Crippen molar-refractivity contribution in [3.05, 3.63) is 17.7 Å². The van der Waals surface area contributed by atoms with E-state index in [9.17, 15) is 0 Å². The van der Waals surface area contributed by atoms with Gasteiger partial charge in [0.1, 0.15) is 5.82 Å². The van der Waals surface area contributed by atoms with Gasteiger partial charge in [0.05, 0.1) is 13.7 Å². The zero-order valence-corrected chi connectivity index (χ0v) is 7.92. The number of imidazole rings is 1. The molecule has 0 fully saturated rings. The van der Waals surface area contributed by atoms with Crippen molar-refractivity contribution >= 4 is 0 Å². The Bertz CT molecular complexity index is 282. The van der Waals surface area contributed by atoms with Crippen LogP contribution in [0.1, 0.15) is 24.4 Å². The number of aryl methyl sites for hydroxylation is 1. The van der Waals surface area contributed by atoms with E-state index in [1.54, 1.807) is 7.11 Å². The normalized spacial score (nSPS) is 15.8. The number of rotatable bonds is 3. The van der Waals surface area contributed by atoms with Crippen molar-refractivity contribution in [3.63, 3.8) is 0 Å². The summed E-state index contributed by atoms with van der Waals surface area (Å²) in [7, 11) is 1.63. The second-order valence-corrected chi connectivity index (χ2v) is 3.30. The molecule has 0 atom stereocenters. The first kappa shape index (κ1) is 8.72. The summed E-state index contributed by atoms with van der Waals surface area (Å²) >= 11 is 0. The summed E-state index contributed by atoms with van der Waals surface area (Å²) in [5.41, 5.74) is 4.18. The van der Waals surface area contributed by atoms with Gasteiger partial charge in [-0.3, -0.25) is 0 Å². The molecule has 0 aliphatic carbocycles. The zero-order chi connectivity index (χ0) is 9.10. The van der Waals surface area contributed by atoms with Crippen LogP contribution < -0.4 is 5.48 Å². The quantitative estimate of drug-likeness (QED) is 0.703. The van der Waals surface area contributed by atoms with Crippen LogP contribution in [0.3, 0.4) is 0 Å². The molecule has 0 aromatic carbocycles. The third kappa shape index (κ3) is 1.73. The van der Waals surface area contributed by atoms with Gasteiger partial charge in [-0.25, -0.2) is 4.98 Å². The summed E-state index contributed by atoms with van der Waals surface area (Å²) in [6, 6.07) is 0. The van der Waals surface area contributed by atoms with Crippen LogP contribution in [0.25, 0.3) is 0 Å². The predicted molar refractivity (Wildman–Crippen MR) is 49.0 cm³/mol. The Morgan fingerprint density at radius 2 is 2.54 bits per heavy atom. The van der Waals surface area contributed by atoms with Crippen molar-refractivity contribution in [1.82, 2.24) is 15.0 Å². The van der Waals surface area contributed by atoms with Crippen LogP contribution in [0.5, 0.6) is 0 Å². The lowest BCUT2D eigenvalue weighted by Crippen LogP contribution is -2.18. The summed E-state index contributed by atoms with van der Waals surface area (Å²) in [4.78, 5) is 9.16. The van der Waals surface area contributed by atoms with E-state index in [4.69, 9.17) is 4.84 Å². The van der Waals surface area contributed by atoms with E-state index < -0.39 is 0 Å².